The second kappa shape index (κ2) is 10.7. The van der Waals surface area contributed by atoms with E-state index in [4.69, 9.17) is 21.7 Å². The summed E-state index contributed by atoms with van der Waals surface area (Å²) in [7, 11) is 0. The molecule has 8 N–H and O–H groups in total. The summed E-state index contributed by atoms with van der Waals surface area (Å²) >= 11 is 0. The summed E-state index contributed by atoms with van der Waals surface area (Å²) < 4.78 is 0. The largest absolute Gasteiger partial charge is 0.480 e. The van der Waals surface area contributed by atoms with Gasteiger partial charge in [0.2, 0.25) is 0 Å². The second-order valence-electron chi connectivity index (χ2n) is 4.29. The van der Waals surface area contributed by atoms with E-state index in [0.717, 1.165) is 6.42 Å². The number of hydrogen-bond acceptors (Lipinski definition) is 6. The molecule has 0 fully saturated rings. The minimum absolute atomic E-state index is 0.341. The molecule has 0 aromatic heterocycles. The van der Waals surface area contributed by atoms with Crippen molar-refractivity contribution in [3.8, 4) is 0 Å². The van der Waals surface area contributed by atoms with Crippen LogP contribution in [0.4, 0.5) is 0 Å². The third kappa shape index (κ3) is 8.49. The fourth-order valence-electron chi connectivity index (χ4n) is 1.53. The number of unbranched alkanes of at least 4 members (excludes halogenated alkanes) is 1. The fourth-order valence-corrected chi connectivity index (χ4v) is 1.53. The quantitative estimate of drug-likeness (QED) is 0.193. The molecule has 8 heteroatoms. The summed E-state index contributed by atoms with van der Waals surface area (Å²) in [6.07, 6.45) is 2.69. The summed E-state index contributed by atoms with van der Waals surface area (Å²) in [5.41, 5.74) is 15.8. The van der Waals surface area contributed by atoms with Crippen LogP contribution < -0.4 is 22.3 Å². The fraction of sp³-hybridized carbons (Fsp3) is 0.818. The predicted molar refractivity (Wildman–Crippen MR) is 70.3 cm³/mol. The van der Waals surface area contributed by atoms with Crippen molar-refractivity contribution in [2.45, 2.75) is 44.2 Å². The van der Waals surface area contributed by atoms with Gasteiger partial charge in [-0.25, -0.2) is 10.9 Å². The number of carbonyl (C=O) groups is 2. The van der Waals surface area contributed by atoms with E-state index in [9.17, 15) is 9.59 Å². The molecule has 0 radical (unpaired) electrons. The third-order valence-electron chi connectivity index (χ3n) is 2.67. The van der Waals surface area contributed by atoms with Crippen LogP contribution in [-0.4, -0.2) is 47.3 Å². The molecule has 2 atom stereocenters. The van der Waals surface area contributed by atoms with Crippen LogP contribution in [-0.2, 0) is 9.59 Å². The Morgan fingerprint density at radius 1 is 0.842 bits per heavy atom. The van der Waals surface area contributed by atoms with Crippen LogP contribution in [0.25, 0.3) is 0 Å². The van der Waals surface area contributed by atoms with Crippen molar-refractivity contribution < 1.29 is 19.8 Å². The van der Waals surface area contributed by atoms with Crippen molar-refractivity contribution in [1.29, 1.82) is 0 Å². The zero-order chi connectivity index (χ0) is 14.7. The number of hydrogen-bond donors (Lipinski definition) is 6. The van der Waals surface area contributed by atoms with E-state index in [-0.39, 0.29) is 0 Å². The smallest absolute Gasteiger partial charge is 0.322 e. The van der Waals surface area contributed by atoms with Gasteiger partial charge in [0.1, 0.15) is 12.1 Å². The molecule has 0 saturated carbocycles. The molecular formula is C11H24N4O4. The van der Waals surface area contributed by atoms with Gasteiger partial charge in [-0.1, -0.05) is 0 Å². The highest BCUT2D eigenvalue weighted by molar-refractivity contribution is 5.74. The van der Waals surface area contributed by atoms with E-state index in [1.54, 1.807) is 0 Å². The zero-order valence-electron chi connectivity index (χ0n) is 11.0. The molecule has 0 unspecified atom stereocenters. The Kier molecular flexibility index (Phi) is 9.99. The van der Waals surface area contributed by atoms with Crippen LogP contribution in [0.15, 0.2) is 0 Å². The second-order valence-corrected chi connectivity index (χ2v) is 4.29. The highest BCUT2D eigenvalue weighted by atomic mass is 16.4. The molecule has 0 aromatic carbocycles. The highest BCUT2D eigenvalue weighted by Gasteiger charge is 2.21. The maximum atomic E-state index is 11.0. The van der Waals surface area contributed by atoms with Gasteiger partial charge in [0.25, 0.3) is 0 Å². The van der Waals surface area contributed by atoms with Gasteiger partial charge >= 0.3 is 11.9 Å². The van der Waals surface area contributed by atoms with E-state index in [1.165, 1.54) is 0 Å². The molecular weight excluding hydrogens is 252 g/mol. The highest BCUT2D eigenvalue weighted by Crippen LogP contribution is 2.01. The van der Waals surface area contributed by atoms with Gasteiger partial charge in [-0.15, -0.1) is 0 Å². The molecule has 0 aromatic rings. The Balaban J connectivity index is 4.18. The molecule has 112 valence electrons. The topological polar surface area (TPSA) is 151 Å². The Hall–Kier alpha value is -1.22. The summed E-state index contributed by atoms with van der Waals surface area (Å²) in [4.78, 5) is 21.9. The maximum absolute atomic E-state index is 11.0. The lowest BCUT2D eigenvalue weighted by atomic mass is 10.1. The van der Waals surface area contributed by atoms with Crippen molar-refractivity contribution >= 4 is 11.9 Å². The first-order chi connectivity index (χ1) is 9.02. The zero-order valence-corrected chi connectivity index (χ0v) is 11.0. The molecule has 0 rings (SSSR count). The van der Waals surface area contributed by atoms with Crippen molar-refractivity contribution in [3.05, 3.63) is 0 Å². The minimum Gasteiger partial charge on any atom is -0.480 e. The molecule has 0 heterocycles. The normalized spacial score (nSPS) is 14.0. The van der Waals surface area contributed by atoms with Crippen LogP contribution in [0.2, 0.25) is 0 Å². The first-order valence-corrected chi connectivity index (χ1v) is 6.39. The van der Waals surface area contributed by atoms with Crippen LogP contribution in [0.3, 0.4) is 0 Å². The molecule has 0 spiro atoms. The third-order valence-corrected chi connectivity index (χ3v) is 2.67. The van der Waals surface area contributed by atoms with E-state index < -0.39 is 24.0 Å². The van der Waals surface area contributed by atoms with Crippen molar-refractivity contribution in [3.63, 3.8) is 0 Å². The van der Waals surface area contributed by atoms with Gasteiger partial charge in [0, 0.05) is 0 Å². The molecule has 0 saturated heterocycles. The van der Waals surface area contributed by atoms with E-state index >= 15 is 0 Å². The van der Waals surface area contributed by atoms with Crippen molar-refractivity contribution in [1.82, 2.24) is 10.9 Å². The van der Waals surface area contributed by atoms with Gasteiger partial charge in [-0.2, -0.15) is 0 Å². The average molecular weight is 276 g/mol. The maximum Gasteiger partial charge on any atom is 0.322 e. The Labute approximate surface area is 112 Å². The van der Waals surface area contributed by atoms with Crippen LogP contribution >= 0.6 is 0 Å². The summed E-state index contributed by atoms with van der Waals surface area (Å²) in [5.74, 6) is -2.06. The molecule has 0 aliphatic heterocycles. The van der Waals surface area contributed by atoms with Crippen LogP contribution in [0.5, 0.6) is 0 Å². The molecule has 19 heavy (non-hydrogen) atoms. The Morgan fingerprint density at radius 2 is 1.26 bits per heavy atom. The SMILES string of the molecule is NCCCC[C@H](NN[C@@H](CCCN)C(=O)O)C(=O)O. The van der Waals surface area contributed by atoms with Crippen molar-refractivity contribution in [2.75, 3.05) is 13.1 Å². The number of nitrogens with two attached hydrogens (primary N) is 2. The molecule has 0 aliphatic carbocycles. The number of carboxylic acids is 2. The molecule has 8 nitrogen and oxygen atoms in total. The van der Waals surface area contributed by atoms with E-state index in [2.05, 4.69) is 10.9 Å². The molecule has 0 bridgehead atoms. The van der Waals surface area contributed by atoms with Gasteiger partial charge in [-0.05, 0) is 45.2 Å². The average Bonchev–Trinajstić information content (AvgIpc) is 2.35. The number of rotatable bonds is 12. The summed E-state index contributed by atoms with van der Waals surface area (Å²) in [6, 6.07) is -1.67. The first kappa shape index (κ1) is 17.8. The van der Waals surface area contributed by atoms with Gasteiger partial charge in [0.15, 0.2) is 0 Å². The van der Waals surface area contributed by atoms with E-state index in [1.807, 2.05) is 0 Å². The first-order valence-electron chi connectivity index (χ1n) is 6.39. The number of nitrogens with one attached hydrogen (secondary N) is 2. The summed E-state index contributed by atoms with van der Waals surface area (Å²) in [5, 5.41) is 18.0. The molecule has 0 aliphatic rings. The standard InChI is InChI=1S/C11H24N4O4/c12-6-2-1-4-8(10(16)17)14-15-9(11(18)19)5-3-7-13/h8-9,14-15H,1-7,12-13H2,(H,16,17)(H,18,19)/t8-,9-/m0/s1. The number of aliphatic carboxylic acids is 2. The van der Waals surface area contributed by atoms with Crippen LogP contribution in [0.1, 0.15) is 32.1 Å². The van der Waals surface area contributed by atoms with Crippen molar-refractivity contribution in [2.24, 2.45) is 11.5 Å². The lowest BCUT2D eigenvalue weighted by Gasteiger charge is -2.19. The Morgan fingerprint density at radius 3 is 1.63 bits per heavy atom. The predicted octanol–water partition coefficient (Wildman–Crippen LogP) is -1.15. The van der Waals surface area contributed by atoms with E-state index in [0.29, 0.717) is 38.8 Å². The van der Waals surface area contributed by atoms with Gasteiger partial charge in [0.05, 0.1) is 0 Å². The lowest BCUT2D eigenvalue weighted by molar-refractivity contribution is -0.143. The Bertz CT molecular complexity index is 275. The molecule has 0 amide bonds. The monoisotopic (exact) mass is 276 g/mol. The minimum atomic E-state index is -1.04. The van der Waals surface area contributed by atoms with Gasteiger partial charge in [-0.3, -0.25) is 9.59 Å². The van der Waals surface area contributed by atoms with Crippen LogP contribution in [0, 0.1) is 0 Å². The number of hydrazine groups is 1. The lowest BCUT2D eigenvalue weighted by Crippen LogP contribution is -2.52. The number of carboxylic acid groups (broad SMARTS) is 2. The van der Waals surface area contributed by atoms with Gasteiger partial charge < -0.3 is 21.7 Å². The summed E-state index contributed by atoms with van der Waals surface area (Å²) in [6.45, 7) is 0.901.